The second-order valence-electron chi connectivity index (χ2n) is 5.65. The Balaban J connectivity index is 0.00000441. The molecule has 0 aliphatic carbocycles. The maximum Gasteiger partial charge on any atom is 0.188 e. The van der Waals surface area contributed by atoms with Crippen molar-refractivity contribution in [2.24, 2.45) is 10.7 Å². The van der Waals surface area contributed by atoms with Crippen molar-refractivity contribution in [2.75, 3.05) is 13.1 Å². The first-order valence-electron chi connectivity index (χ1n) is 7.86. The van der Waals surface area contributed by atoms with Gasteiger partial charge in [0.15, 0.2) is 5.96 Å². The number of rotatable bonds is 10. The van der Waals surface area contributed by atoms with Gasteiger partial charge in [-0.25, -0.2) is 4.99 Å². The van der Waals surface area contributed by atoms with E-state index in [0.717, 1.165) is 13.0 Å². The number of aliphatic hydroxyl groups is 1. The highest BCUT2D eigenvalue weighted by Gasteiger charge is 2.25. The number of hydrogen-bond donors (Lipinski definition) is 3. The molecule has 0 radical (unpaired) electrons. The van der Waals surface area contributed by atoms with Gasteiger partial charge in [0, 0.05) is 6.54 Å². The SMILES string of the molecule is CCCCCCCCNC(N)=NCC(C)(O)c1ccco1.I. The van der Waals surface area contributed by atoms with Crippen LogP contribution in [0.25, 0.3) is 0 Å². The lowest BCUT2D eigenvalue weighted by molar-refractivity contribution is 0.0437. The fourth-order valence-corrected chi connectivity index (χ4v) is 2.08. The van der Waals surface area contributed by atoms with Crippen molar-refractivity contribution in [1.82, 2.24) is 5.32 Å². The van der Waals surface area contributed by atoms with Crippen molar-refractivity contribution >= 4 is 29.9 Å². The number of halogens is 1. The normalized spacial score (nSPS) is 14.2. The zero-order valence-corrected chi connectivity index (χ0v) is 16.0. The Labute approximate surface area is 150 Å². The third-order valence-corrected chi connectivity index (χ3v) is 3.45. The van der Waals surface area contributed by atoms with E-state index in [1.54, 1.807) is 19.1 Å². The van der Waals surface area contributed by atoms with Crippen LogP contribution in [0.5, 0.6) is 0 Å². The van der Waals surface area contributed by atoms with Gasteiger partial charge in [0.25, 0.3) is 0 Å². The highest BCUT2D eigenvalue weighted by Crippen LogP contribution is 2.20. The summed E-state index contributed by atoms with van der Waals surface area (Å²) >= 11 is 0. The number of furan rings is 1. The van der Waals surface area contributed by atoms with Gasteiger partial charge in [-0.1, -0.05) is 39.0 Å². The second-order valence-corrected chi connectivity index (χ2v) is 5.65. The first-order chi connectivity index (χ1) is 10.1. The molecule has 1 aromatic heterocycles. The lowest BCUT2D eigenvalue weighted by Gasteiger charge is -2.18. The molecule has 0 saturated heterocycles. The van der Waals surface area contributed by atoms with Gasteiger partial charge in [-0.2, -0.15) is 0 Å². The van der Waals surface area contributed by atoms with E-state index in [0.29, 0.717) is 11.7 Å². The summed E-state index contributed by atoms with van der Waals surface area (Å²) in [6.07, 6.45) is 9.02. The molecule has 0 aromatic carbocycles. The van der Waals surface area contributed by atoms with Gasteiger partial charge in [-0.3, -0.25) is 0 Å². The van der Waals surface area contributed by atoms with Crippen molar-refractivity contribution in [1.29, 1.82) is 0 Å². The first-order valence-corrected chi connectivity index (χ1v) is 7.86. The van der Waals surface area contributed by atoms with Gasteiger partial charge in [0.1, 0.15) is 11.4 Å². The molecule has 5 nitrogen and oxygen atoms in total. The summed E-state index contributed by atoms with van der Waals surface area (Å²) in [7, 11) is 0. The predicted molar refractivity (Wildman–Crippen MR) is 102 cm³/mol. The van der Waals surface area contributed by atoms with Crippen LogP contribution in [-0.2, 0) is 5.60 Å². The lowest BCUT2D eigenvalue weighted by atomic mass is 10.0. The van der Waals surface area contributed by atoms with Crippen LogP contribution in [-0.4, -0.2) is 24.2 Å². The second kappa shape index (κ2) is 11.8. The van der Waals surface area contributed by atoms with E-state index in [4.69, 9.17) is 10.2 Å². The van der Waals surface area contributed by atoms with Gasteiger partial charge in [0.2, 0.25) is 0 Å². The van der Waals surface area contributed by atoms with Crippen LogP contribution in [0.15, 0.2) is 27.8 Å². The zero-order chi connectivity index (χ0) is 15.6. The summed E-state index contributed by atoms with van der Waals surface area (Å²) in [5.41, 5.74) is 4.66. The third kappa shape index (κ3) is 8.63. The molecule has 0 aliphatic heterocycles. The minimum absolute atomic E-state index is 0. The Morgan fingerprint density at radius 2 is 2.00 bits per heavy atom. The molecule has 0 saturated carbocycles. The van der Waals surface area contributed by atoms with Crippen molar-refractivity contribution in [3.63, 3.8) is 0 Å². The smallest absolute Gasteiger partial charge is 0.188 e. The average molecular weight is 423 g/mol. The van der Waals surface area contributed by atoms with Gasteiger partial charge in [-0.15, -0.1) is 24.0 Å². The Morgan fingerprint density at radius 1 is 1.32 bits per heavy atom. The predicted octanol–water partition coefficient (Wildman–Crippen LogP) is 3.37. The van der Waals surface area contributed by atoms with Crippen molar-refractivity contribution in [2.45, 2.75) is 58.0 Å². The summed E-state index contributed by atoms with van der Waals surface area (Å²) in [5.74, 6) is 0.866. The van der Waals surface area contributed by atoms with Crippen LogP contribution >= 0.6 is 24.0 Å². The largest absolute Gasteiger partial charge is 0.466 e. The van der Waals surface area contributed by atoms with E-state index in [-0.39, 0.29) is 30.5 Å². The molecule has 1 heterocycles. The Morgan fingerprint density at radius 3 is 2.64 bits per heavy atom. The molecule has 128 valence electrons. The Bertz CT molecular complexity index is 406. The van der Waals surface area contributed by atoms with Crippen LogP contribution < -0.4 is 11.1 Å². The minimum atomic E-state index is -1.13. The molecule has 0 fully saturated rings. The number of nitrogens with one attached hydrogen (secondary N) is 1. The standard InChI is InChI=1S/C16H29N3O2.HI/c1-3-4-5-6-7-8-11-18-15(17)19-13-16(2,20)14-10-9-12-21-14;/h9-10,12,20H,3-8,11,13H2,1-2H3,(H3,17,18,19);1H. The highest BCUT2D eigenvalue weighted by atomic mass is 127. The molecule has 1 aromatic rings. The number of aliphatic imine (C=N–C) groups is 1. The molecule has 0 spiro atoms. The van der Waals surface area contributed by atoms with Crippen LogP contribution in [0.3, 0.4) is 0 Å². The number of hydrogen-bond acceptors (Lipinski definition) is 3. The van der Waals surface area contributed by atoms with Crippen molar-refractivity contribution < 1.29 is 9.52 Å². The van der Waals surface area contributed by atoms with Crippen molar-refractivity contribution in [3.05, 3.63) is 24.2 Å². The topological polar surface area (TPSA) is 83.8 Å². The number of unbranched alkanes of at least 4 members (excludes halogenated alkanes) is 5. The number of nitrogens with zero attached hydrogens (tertiary/aromatic N) is 1. The molecule has 0 bridgehead atoms. The van der Waals surface area contributed by atoms with E-state index < -0.39 is 5.60 Å². The third-order valence-electron chi connectivity index (χ3n) is 3.45. The molecule has 6 heteroatoms. The summed E-state index contributed by atoms with van der Waals surface area (Å²) in [5, 5.41) is 13.3. The summed E-state index contributed by atoms with van der Waals surface area (Å²) < 4.78 is 5.20. The Hall–Kier alpha value is -0.760. The molecule has 22 heavy (non-hydrogen) atoms. The van der Waals surface area contributed by atoms with Crippen molar-refractivity contribution in [3.8, 4) is 0 Å². The summed E-state index contributed by atoms with van der Waals surface area (Å²) in [6, 6.07) is 3.48. The van der Waals surface area contributed by atoms with E-state index in [1.165, 1.54) is 38.4 Å². The minimum Gasteiger partial charge on any atom is -0.466 e. The van der Waals surface area contributed by atoms with Gasteiger partial charge in [0.05, 0.1) is 12.8 Å². The molecule has 0 aliphatic rings. The molecule has 1 rings (SSSR count). The summed E-state index contributed by atoms with van der Waals surface area (Å²) in [6.45, 7) is 4.88. The molecule has 1 unspecified atom stereocenters. The van der Waals surface area contributed by atoms with Crippen LogP contribution in [0, 0.1) is 0 Å². The van der Waals surface area contributed by atoms with Gasteiger partial charge in [-0.05, 0) is 25.5 Å². The van der Waals surface area contributed by atoms with Gasteiger partial charge < -0.3 is 20.6 Å². The maximum absolute atomic E-state index is 10.2. The molecule has 4 N–H and O–H groups in total. The fourth-order valence-electron chi connectivity index (χ4n) is 2.08. The number of guanidine groups is 1. The molecule has 0 amide bonds. The van der Waals surface area contributed by atoms with Gasteiger partial charge >= 0.3 is 0 Å². The van der Waals surface area contributed by atoms with E-state index in [9.17, 15) is 5.11 Å². The highest BCUT2D eigenvalue weighted by molar-refractivity contribution is 14.0. The molecular formula is C16H30IN3O2. The Kier molecular flexibility index (Phi) is 11.4. The quantitative estimate of drug-likeness (QED) is 0.233. The summed E-state index contributed by atoms with van der Waals surface area (Å²) in [4.78, 5) is 4.17. The van der Waals surface area contributed by atoms with E-state index in [1.807, 2.05) is 0 Å². The van der Waals surface area contributed by atoms with E-state index in [2.05, 4.69) is 17.2 Å². The average Bonchev–Trinajstić information content (AvgIpc) is 2.99. The van der Waals surface area contributed by atoms with Crippen LogP contribution in [0.4, 0.5) is 0 Å². The lowest BCUT2D eigenvalue weighted by Crippen LogP contribution is -2.34. The zero-order valence-electron chi connectivity index (χ0n) is 13.7. The van der Waals surface area contributed by atoms with E-state index >= 15 is 0 Å². The first kappa shape index (κ1) is 21.2. The maximum atomic E-state index is 10.2. The van der Waals surface area contributed by atoms with Crippen LogP contribution in [0.2, 0.25) is 0 Å². The molecule has 1 atom stereocenters. The monoisotopic (exact) mass is 423 g/mol. The number of nitrogens with two attached hydrogens (primary N) is 1. The fraction of sp³-hybridized carbons (Fsp3) is 0.688. The molecular weight excluding hydrogens is 393 g/mol. The van der Waals surface area contributed by atoms with Crippen LogP contribution in [0.1, 0.15) is 58.1 Å².